The van der Waals surface area contributed by atoms with Gasteiger partial charge in [0.25, 0.3) is 0 Å². The number of pyridine rings is 1. The van der Waals surface area contributed by atoms with Crippen LogP contribution in [0.3, 0.4) is 0 Å². The van der Waals surface area contributed by atoms with E-state index >= 15 is 0 Å². The Bertz CT molecular complexity index is 411. The highest BCUT2D eigenvalue weighted by atomic mass is 16.3. The van der Waals surface area contributed by atoms with Crippen molar-refractivity contribution in [3.63, 3.8) is 0 Å². The molecule has 0 aliphatic rings. The van der Waals surface area contributed by atoms with Crippen LogP contribution in [-0.4, -0.2) is 4.98 Å². The second kappa shape index (κ2) is 4.94. The van der Waals surface area contributed by atoms with E-state index < -0.39 is 0 Å². The summed E-state index contributed by atoms with van der Waals surface area (Å²) < 4.78 is 5.35. The zero-order chi connectivity index (χ0) is 11.4. The summed E-state index contributed by atoms with van der Waals surface area (Å²) in [6.45, 7) is 4.21. The molecule has 2 atom stereocenters. The Labute approximate surface area is 95.5 Å². The molecule has 16 heavy (non-hydrogen) atoms. The average molecular weight is 216 g/mol. The first kappa shape index (κ1) is 10.9. The van der Waals surface area contributed by atoms with Crippen LogP contribution in [-0.2, 0) is 0 Å². The maximum Gasteiger partial charge on any atom is 0.120 e. The Morgan fingerprint density at radius 2 is 2.06 bits per heavy atom. The second-order valence-electron chi connectivity index (χ2n) is 3.91. The van der Waals surface area contributed by atoms with Gasteiger partial charge in [0, 0.05) is 18.4 Å². The first-order valence-corrected chi connectivity index (χ1v) is 5.46. The fraction of sp³-hybridized carbons (Fsp3) is 0.308. The minimum Gasteiger partial charge on any atom is -0.468 e. The Morgan fingerprint density at radius 3 is 2.69 bits per heavy atom. The summed E-state index contributed by atoms with van der Waals surface area (Å²) in [7, 11) is 0. The zero-order valence-electron chi connectivity index (χ0n) is 9.55. The summed E-state index contributed by atoms with van der Waals surface area (Å²) in [6, 6.07) is 8.36. The molecule has 0 aromatic carbocycles. The summed E-state index contributed by atoms with van der Waals surface area (Å²) in [5.41, 5.74) is 1.18. The fourth-order valence-electron chi connectivity index (χ4n) is 1.72. The van der Waals surface area contributed by atoms with Gasteiger partial charge in [0.05, 0.1) is 12.3 Å². The molecule has 0 fully saturated rings. The zero-order valence-corrected chi connectivity index (χ0v) is 9.55. The predicted molar refractivity (Wildman–Crippen MR) is 62.9 cm³/mol. The van der Waals surface area contributed by atoms with E-state index in [0.29, 0.717) is 0 Å². The minimum absolute atomic E-state index is 0.199. The van der Waals surface area contributed by atoms with Crippen molar-refractivity contribution >= 4 is 0 Å². The SMILES string of the molecule is CC(N[C@@H](C)c1ccco1)c1cccnc1. The fourth-order valence-corrected chi connectivity index (χ4v) is 1.72. The molecule has 84 valence electrons. The van der Waals surface area contributed by atoms with Crippen LogP contribution in [0.4, 0.5) is 0 Å². The van der Waals surface area contributed by atoms with Crippen molar-refractivity contribution < 1.29 is 4.42 Å². The number of hydrogen-bond acceptors (Lipinski definition) is 3. The van der Waals surface area contributed by atoms with Crippen LogP contribution in [0.1, 0.15) is 37.3 Å². The van der Waals surface area contributed by atoms with E-state index in [0.717, 1.165) is 5.76 Å². The van der Waals surface area contributed by atoms with Crippen LogP contribution in [0.15, 0.2) is 47.3 Å². The molecule has 0 aliphatic carbocycles. The Hall–Kier alpha value is -1.61. The summed E-state index contributed by atoms with van der Waals surface area (Å²) >= 11 is 0. The van der Waals surface area contributed by atoms with Gasteiger partial charge in [0.1, 0.15) is 5.76 Å². The lowest BCUT2D eigenvalue weighted by Gasteiger charge is -2.18. The molecule has 0 radical (unpaired) electrons. The lowest BCUT2D eigenvalue weighted by atomic mass is 10.1. The number of hydrogen-bond donors (Lipinski definition) is 1. The molecule has 0 amide bonds. The molecular formula is C13H16N2O. The van der Waals surface area contributed by atoms with Gasteiger partial charge in [-0.3, -0.25) is 4.98 Å². The third-order valence-electron chi connectivity index (χ3n) is 2.65. The molecule has 2 aromatic heterocycles. The molecule has 2 heterocycles. The van der Waals surface area contributed by atoms with E-state index in [4.69, 9.17) is 4.42 Å². The Balaban J connectivity index is 2.00. The van der Waals surface area contributed by atoms with Gasteiger partial charge in [-0.25, -0.2) is 0 Å². The summed E-state index contributed by atoms with van der Waals surface area (Å²) in [5, 5.41) is 3.46. The van der Waals surface area contributed by atoms with Gasteiger partial charge >= 0.3 is 0 Å². The van der Waals surface area contributed by atoms with Gasteiger partial charge < -0.3 is 9.73 Å². The van der Waals surface area contributed by atoms with E-state index in [2.05, 4.69) is 30.2 Å². The van der Waals surface area contributed by atoms with Crippen molar-refractivity contribution in [1.82, 2.24) is 10.3 Å². The Morgan fingerprint density at radius 1 is 1.19 bits per heavy atom. The molecular weight excluding hydrogens is 200 g/mol. The first-order chi connectivity index (χ1) is 7.77. The first-order valence-electron chi connectivity index (χ1n) is 5.46. The van der Waals surface area contributed by atoms with Gasteiger partial charge in [-0.2, -0.15) is 0 Å². The van der Waals surface area contributed by atoms with Crippen molar-refractivity contribution in [3.8, 4) is 0 Å². The highest BCUT2D eigenvalue weighted by Crippen LogP contribution is 2.18. The maximum atomic E-state index is 5.35. The number of nitrogens with one attached hydrogen (secondary N) is 1. The van der Waals surface area contributed by atoms with Gasteiger partial charge in [-0.05, 0) is 37.6 Å². The Kier molecular flexibility index (Phi) is 3.37. The minimum atomic E-state index is 0.199. The summed E-state index contributed by atoms with van der Waals surface area (Å²) in [5.74, 6) is 0.954. The normalized spacial score (nSPS) is 14.6. The molecule has 0 saturated heterocycles. The van der Waals surface area contributed by atoms with Crippen molar-refractivity contribution in [2.75, 3.05) is 0 Å². The molecule has 0 spiro atoms. The number of aromatic nitrogens is 1. The van der Waals surface area contributed by atoms with Crippen molar-refractivity contribution in [2.45, 2.75) is 25.9 Å². The van der Waals surface area contributed by atoms with E-state index in [1.165, 1.54) is 5.56 Å². The number of rotatable bonds is 4. The van der Waals surface area contributed by atoms with Gasteiger partial charge in [0.15, 0.2) is 0 Å². The molecule has 1 N–H and O–H groups in total. The average Bonchev–Trinajstić information content (AvgIpc) is 2.83. The highest BCUT2D eigenvalue weighted by molar-refractivity contribution is 5.14. The van der Waals surface area contributed by atoms with Crippen LogP contribution < -0.4 is 5.32 Å². The van der Waals surface area contributed by atoms with Crippen molar-refractivity contribution in [2.24, 2.45) is 0 Å². The van der Waals surface area contributed by atoms with E-state index in [-0.39, 0.29) is 12.1 Å². The second-order valence-corrected chi connectivity index (χ2v) is 3.91. The van der Waals surface area contributed by atoms with Crippen LogP contribution >= 0.6 is 0 Å². The molecule has 0 bridgehead atoms. The molecule has 1 unspecified atom stereocenters. The third kappa shape index (κ3) is 2.49. The molecule has 3 nitrogen and oxygen atoms in total. The predicted octanol–water partition coefficient (Wildman–Crippen LogP) is 3.09. The largest absolute Gasteiger partial charge is 0.468 e. The quantitative estimate of drug-likeness (QED) is 0.853. The molecule has 0 saturated carbocycles. The highest BCUT2D eigenvalue weighted by Gasteiger charge is 2.12. The topological polar surface area (TPSA) is 38.1 Å². The standard InChI is InChI=1S/C13H16N2O/c1-10(12-5-3-7-14-9-12)15-11(2)13-6-4-8-16-13/h3-11,15H,1-2H3/t10?,11-/m0/s1. The molecule has 3 heteroatoms. The third-order valence-corrected chi connectivity index (χ3v) is 2.65. The van der Waals surface area contributed by atoms with Gasteiger partial charge in [0.2, 0.25) is 0 Å². The van der Waals surface area contributed by atoms with Crippen LogP contribution in [0.2, 0.25) is 0 Å². The maximum absolute atomic E-state index is 5.35. The van der Waals surface area contributed by atoms with Crippen LogP contribution in [0.25, 0.3) is 0 Å². The monoisotopic (exact) mass is 216 g/mol. The number of nitrogens with zero attached hydrogens (tertiary/aromatic N) is 1. The summed E-state index contributed by atoms with van der Waals surface area (Å²) in [6.07, 6.45) is 5.36. The van der Waals surface area contributed by atoms with E-state index in [1.54, 1.807) is 12.5 Å². The molecule has 2 aromatic rings. The smallest absolute Gasteiger partial charge is 0.120 e. The molecule has 0 aliphatic heterocycles. The van der Waals surface area contributed by atoms with Crippen LogP contribution in [0, 0.1) is 0 Å². The van der Waals surface area contributed by atoms with Gasteiger partial charge in [-0.15, -0.1) is 0 Å². The van der Waals surface area contributed by atoms with Crippen molar-refractivity contribution in [1.29, 1.82) is 0 Å². The molecule has 2 rings (SSSR count). The van der Waals surface area contributed by atoms with E-state index in [9.17, 15) is 0 Å². The lowest BCUT2D eigenvalue weighted by Crippen LogP contribution is -2.22. The lowest BCUT2D eigenvalue weighted by molar-refractivity contribution is 0.402. The van der Waals surface area contributed by atoms with Crippen LogP contribution in [0.5, 0.6) is 0 Å². The van der Waals surface area contributed by atoms with Crippen molar-refractivity contribution in [3.05, 3.63) is 54.2 Å². The van der Waals surface area contributed by atoms with Gasteiger partial charge in [-0.1, -0.05) is 6.07 Å². The summed E-state index contributed by atoms with van der Waals surface area (Å²) in [4.78, 5) is 4.11. The number of furan rings is 1. The van der Waals surface area contributed by atoms with E-state index in [1.807, 2.05) is 24.4 Å².